The highest BCUT2D eigenvalue weighted by atomic mass is 32.2. The van der Waals surface area contributed by atoms with Crippen molar-refractivity contribution in [3.8, 4) is 0 Å². The summed E-state index contributed by atoms with van der Waals surface area (Å²) in [5.74, 6) is -0.102. The van der Waals surface area contributed by atoms with Crippen LogP contribution in [0.15, 0.2) is 47.4 Å². The second-order valence-corrected chi connectivity index (χ2v) is 12.8. The first-order valence-electron chi connectivity index (χ1n) is 13.2. The molecule has 5 rings (SSSR count). The van der Waals surface area contributed by atoms with Crippen LogP contribution in [-0.2, 0) is 21.4 Å². The molecule has 3 aliphatic heterocycles. The van der Waals surface area contributed by atoms with Crippen LogP contribution >= 0.6 is 0 Å². The zero-order valence-corrected chi connectivity index (χ0v) is 23.0. The molecule has 202 valence electrons. The van der Waals surface area contributed by atoms with Crippen LogP contribution in [0.5, 0.6) is 0 Å². The van der Waals surface area contributed by atoms with E-state index in [2.05, 4.69) is 38.6 Å². The van der Waals surface area contributed by atoms with Gasteiger partial charge in [-0.1, -0.05) is 24.3 Å². The molecule has 3 fully saturated rings. The van der Waals surface area contributed by atoms with Crippen LogP contribution in [0.25, 0.3) is 4.85 Å². The first-order chi connectivity index (χ1) is 18.1. The zero-order valence-electron chi connectivity index (χ0n) is 22.2. The van der Waals surface area contributed by atoms with Crippen LogP contribution in [0.1, 0.15) is 31.4 Å². The van der Waals surface area contributed by atoms with Crippen molar-refractivity contribution in [1.82, 2.24) is 19.4 Å². The fourth-order valence-electron chi connectivity index (χ4n) is 6.23. The third-order valence-corrected chi connectivity index (χ3v) is 10.1. The van der Waals surface area contributed by atoms with E-state index in [9.17, 15) is 13.2 Å². The number of sulfonamides is 1. The molecule has 2 N–H and O–H groups in total. The Bertz CT molecular complexity index is 1340. The molecule has 0 spiro atoms. The SMILES string of the molecule is [C-]#[N+]c1cccc(S(=O)(=O)N2[C@H](C)CN(CC(=O)Nc3cc(CN4C[C@H]5C[C@@H]4CN5)ccc3C)C[C@@H]2C)c1. The molecule has 3 heterocycles. The number of benzene rings is 2. The van der Waals surface area contributed by atoms with Gasteiger partial charge in [-0.2, -0.15) is 4.31 Å². The molecule has 38 heavy (non-hydrogen) atoms. The van der Waals surface area contributed by atoms with E-state index >= 15 is 0 Å². The molecule has 0 unspecified atom stereocenters. The molecule has 0 aromatic heterocycles. The van der Waals surface area contributed by atoms with Gasteiger partial charge >= 0.3 is 0 Å². The van der Waals surface area contributed by atoms with E-state index in [1.54, 1.807) is 12.1 Å². The maximum absolute atomic E-state index is 13.4. The van der Waals surface area contributed by atoms with Gasteiger partial charge in [-0.25, -0.2) is 13.3 Å². The molecule has 1 amide bonds. The summed E-state index contributed by atoms with van der Waals surface area (Å²) in [6.07, 6.45) is 1.22. The number of hydrogen-bond acceptors (Lipinski definition) is 6. The lowest BCUT2D eigenvalue weighted by Crippen LogP contribution is -2.59. The smallest absolute Gasteiger partial charge is 0.242 e. The molecule has 2 bridgehead atoms. The van der Waals surface area contributed by atoms with Gasteiger partial charge in [-0.3, -0.25) is 14.6 Å². The van der Waals surface area contributed by atoms with Crippen LogP contribution in [0.3, 0.4) is 0 Å². The largest absolute Gasteiger partial charge is 0.325 e. The van der Waals surface area contributed by atoms with Crippen molar-refractivity contribution >= 4 is 27.3 Å². The van der Waals surface area contributed by atoms with Gasteiger partial charge in [0.2, 0.25) is 15.9 Å². The van der Waals surface area contributed by atoms with E-state index in [1.165, 1.54) is 28.4 Å². The second kappa shape index (κ2) is 10.8. The minimum absolute atomic E-state index is 0.102. The quantitative estimate of drug-likeness (QED) is 0.529. The Kier molecular flexibility index (Phi) is 7.58. The van der Waals surface area contributed by atoms with Crippen molar-refractivity contribution in [2.45, 2.75) is 62.8 Å². The van der Waals surface area contributed by atoms with Crippen molar-refractivity contribution < 1.29 is 13.2 Å². The highest BCUT2D eigenvalue weighted by molar-refractivity contribution is 7.89. The van der Waals surface area contributed by atoms with Crippen molar-refractivity contribution in [1.29, 1.82) is 0 Å². The lowest BCUT2D eigenvalue weighted by molar-refractivity contribution is -0.118. The van der Waals surface area contributed by atoms with E-state index in [-0.39, 0.29) is 29.4 Å². The molecule has 4 atom stereocenters. The highest BCUT2D eigenvalue weighted by Crippen LogP contribution is 2.29. The average Bonchev–Trinajstić information content (AvgIpc) is 3.49. The molecule has 0 aliphatic carbocycles. The normalized spacial score (nSPS) is 26.4. The molecular formula is C28H36N6O3S. The average molecular weight is 537 g/mol. The Morgan fingerprint density at radius 2 is 1.89 bits per heavy atom. The van der Waals surface area contributed by atoms with E-state index in [0.29, 0.717) is 30.9 Å². The fraction of sp³-hybridized carbons (Fsp3) is 0.500. The minimum Gasteiger partial charge on any atom is -0.325 e. The monoisotopic (exact) mass is 536 g/mol. The molecule has 0 radical (unpaired) electrons. The lowest BCUT2D eigenvalue weighted by atomic mass is 10.1. The van der Waals surface area contributed by atoms with Crippen molar-refractivity contribution in [3.63, 3.8) is 0 Å². The minimum atomic E-state index is -3.76. The Morgan fingerprint density at radius 1 is 1.13 bits per heavy atom. The molecule has 9 nitrogen and oxygen atoms in total. The molecule has 3 aliphatic rings. The summed E-state index contributed by atoms with van der Waals surface area (Å²) in [6, 6.07) is 13.0. The van der Waals surface area contributed by atoms with Crippen molar-refractivity contribution in [3.05, 3.63) is 65.0 Å². The molecule has 2 aromatic carbocycles. The number of likely N-dealkylation sites (tertiary alicyclic amines) is 1. The summed E-state index contributed by atoms with van der Waals surface area (Å²) in [5.41, 5.74) is 3.34. The molecule has 0 saturated carbocycles. The Morgan fingerprint density at radius 3 is 2.55 bits per heavy atom. The highest BCUT2D eigenvalue weighted by Gasteiger charge is 2.39. The third kappa shape index (κ3) is 5.48. The van der Waals surface area contributed by atoms with E-state index in [1.807, 2.05) is 25.7 Å². The van der Waals surface area contributed by atoms with Crippen molar-refractivity contribution in [2.75, 3.05) is 38.0 Å². The maximum Gasteiger partial charge on any atom is 0.242 e. The third-order valence-electron chi connectivity index (χ3n) is 7.93. The van der Waals surface area contributed by atoms with Gasteiger partial charge < -0.3 is 10.6 Å². The van der Waals surface area contributed by atoms with Gasteiger partial charge in [-0.15, -0.1) is 0 Å². The number of fused-ring (bicyclic) bond motifs is 2. The standard InChI is InChI=1S/C28H36N6O3S/c1-19-8-9-22(16-33-17-24-11-25(33)13-30-24)10-27(19)31-28(35)18-32-14-20(2)34(21(3)15-32)38(36,37)26-7-5-6-23(12-26)29-4/h5-10,12,20-21,24-25,30H,11,13-18H2,1-3H3,(H,31,35)/t20-,21+,24-,25-/m1/s1. The first kappa shape index (κ1) is 26.8. The number of nitrogens with one attached hydrogen (secondary N) is 2. The number of piperazine rings is 2. The van der Waals surface area contributed by atoms with Gasteiger partial charge in [0, 0.05) is 62.6 Å². The second-order valence-electron chi connectivity index (χ2n) is 11.0. The summed E-state index contributed by atoms with van der Waals surface area (Å²) < 4.78 is 28.3. The van der Waals surface area contributed by atoms with Crippen LogP contribution in [-0.4, -0.2) is 85.3 Å². The topological polar surface area (TPSA) is 89.3 Å². The Balaban J connectivity index is 1.20. The molecular weight excluding hydrogens is 500 g/mol. The number of aryl methyl sites for hydroxylation is 1. The van der Waals surface area contributed by atoms with Crippen molar-refractivity contribution in [2.24, 2.45) is 0 Å². The Hall–Kier alpha value is -2.81. The van der Waals surface area contributed by atoms with Gasteiger partial charge in [0.25, 0.3) is 0 Å². The number of rotatable bonds is 7. The molecule has 3 saturated heterocycles. The van der Waals surface area contributed by atoms with E-state index in [4.69, 9.17) is 6.57 Å². The van der Waals surface area contributed by atoms with Crippen LogP contribution < -0.4 is 10.6 Å². The van der Waals surface area contributed by atoms with Crippen LogP contribution in [0.2, 0.25) is 0 Å². The number of nitrogens with zero attached hydrogens (tertiary/aromatic N) is 4. The fourth-order valence-corrected chi connectivity index (χ4v) is 8.07. The predicted octanol–water partition coefficient (Wildman–Crippen LogP) is 2.81. The summed E-state index contributed by atoms with van der Waals surface area (Å²) in [7, 11) is -3.76. The molecule has 2 aromatic rings. The summed E-state index contributed by atoms with van der Waals surface area (Å²) >= 11 is 0. The number of anilines is 1. The van der Waals surface area contributed by atoms with Gasteiger partial charge in [0.1, 0.15) is 0 Å². The zero-order chi connectivity index (χ0) is 27.0. The van der Waals surface area contributed by atoms with Gasteiger partial charge in [0.15, 0.2) is 5.69 Å². The summed E-state index contributed by atoms with van der Waals surface area (Å²) in [4.78, 5) is 21.1. The first-order valence-corrected chi connectivity index (χ1v) is 14.7. The van der Waals surface area contributed by atoms with Crippen LogP contribution in [0.4, 0.5) is 11.4 Å². The van der Waals surface area contributed by atoms with Gasteiger partial charge in [0.05, 0.1) is 18.0 Å². The van der Waals surface area contributed by atoms with E-state index < -0.39 is 10.0 Å². The lowest BCUT2D eigenvalue weighted by Gasteiger charge is -2.43. The summed E-state index contributed by atoms with van der Waals surface area (Å²) in [5, 5.41) is 6.63. The van der Waals surface area contributed by atoms with Crippen LogP contribution in [0, 0.1) is 13.5 Å². The maximum atomic E-state index is 13.4. The number of carbonyl (C=O) groups is 1. The predicted molar refractivity (Wildman–Crippen MR) is 148 cm³/mol. The summed E-state index contributed by atoms with van der Waals surface area (Å²) in [6.45, 7) is 17.0. The number of amides is 1. The number of hydrogen-bond donors (Lipinski definition) is 2. The van der Waals surface area contributed by atoms with Gasteiger partial charge in [-0.05, 0) is 56.5 Å². The Labute approximate surface area is 225 Å². The van der Waals surface area contributed by atoms with E-state index in [0.717, 1.165) is 30.9 Å². The number of carbonyl (C=O) groups excluding carboxylic acids is 1. The molecule has 10 heteroatoms.